The minimum Gasteiger partial charge on any atom is -0.497 e. The molecule has 0 atom stereocenters. The monoisotopic (exact) mass is 328 g/mol. The van der Waals surface area contributed by atoms with Crippen molar-refractivity contribution in [2.24, 2.45) is 5.92 Å². The average Bonchev–Trinajstić information content (AvgIpc) is 3.11. The van der Waals surface area contributed by atoms with Gasteiger partial charge in [-0.3, -0.25) is 9.36 Å². The lowest BCUT2D eigenvalue weighted by Crippen LogP contribution is -2.50. The molecule has 2 heterocycles. The van der Waals surface area contributed by atoms with Crippen LogP contribution < -0.4 is 9.64 Å². The summed E-state index contributed by atoms with van der Waals surface area (Å²) in [4.78, 5) is 20.8. The highest BCUT2D eigenvalue weighted by molar-refractivity contribution is 5.78. The van der Waals surface area contributed by atoms with Crippen LogP contribution in [0.1, 0.15) is 13.8 Å². The number of imidazole rings is 1. The number of hydrogen-bond donors (Lipinski definition) is 0. The van der Waals surface area contributed by atoms with Crippen LogP contribution in [-0.4, -0.2) is 53.6 Å². The second-order valence-electron chi connectivity index (χ2n) is 6.27. The molecule has 1 aliphatic rings. The molecule has 0 spiro atoms. The highest BCUT2D eigenvalue weighted by Crippen LogP contribution is 2.23. The first-order chi connectivity index (χ1) is 11.6. The number of anilines is 1. The van der Waals surface area contributed by atoms with Gasteiger partial charge < -0.3 is 14.5 Å². The van der Waals surface area contributed by atoms with Crippen molar-refractivity contribution in [1.82, 2.24) is 14.5 Å². The molecule has 1 aliphatic heterocycles. The van der Waals surface area contributed by atoms with Crippen LogP contribution in [-0.2, 0) is 4.79 Å². The zero-order chi connectivity index (χ0) is 17.1. The molecule has 1 aromatic carbocycles. The maximum Gasteiger partial charge on any atom is 0.225 e. The average molecular weight is 328 g/mol. The maximum absolute atomic E-state index is 12.1. The van der Waals surface area contributed by atoms with Crippen molar-refractivity contribution < 1.29 is 9.53 Å². The van der Waals surface area contributed by atoms with E-state index in [2.05, 4.69) is 14.5 Å². The summed E-state index contributed by atoms with van der Waals surface area (Å²) in [5, 5.41) is 0. The number of carbonyl (C=O) groups excluding carboxylic acids is 1. The first-order valence-electron chi connectivity index (χ1n) is 8.31. The predicted molar refractivity (Wildman–Crippen MR) is 93.7 cm³/mol. The summed E-state index contributed by atoms with van der Waals surface area (Å²) < 4.78 is 7.37. The summed E-state index contributed by atoms with van der Waals surface area (Å²) in [6.07, 6.45) is 3.76. The number of nitrogens with zero attached hydrogens (tertiary/aromatic N) is 4. The van der Waals surface area contributed by atoms with Crippen molar-refractivity contribution in [3.63, 3.8) is 0 Å². The smallest absolute Gasteiger partial charge is 0.225 e. The number of piperazine rings is 1. The first-order valence-corrected chi connectivity index (χ1v) is 8.31. The Morgan fingerprint density at radius 2 is 1.96 bits per heavy atom. The molecule has 3 rings (SSSR count). The Morgan fingerprint density at radius 3 is 2.62 bits per heavy atom. The van der Waals surface area contributed by atoms with Crippen molar-refractivity contribution in [3.05, 3.63) is 36.7 Å². The number of methoxy groups -OCH3 is 1. The van der Waals surface area contributed by atoms with Gasteiger partial charge >= 0.3 is 0 Å². The lowest BCUT2D eigenvalue weighted by Gasteiger charge is -2.36. The quantitative estimate of drug-likeness (QED) is 0.863. The zero-order valence-electron chi connectivity index (χ0n) is 14.5. The van der Waals surface area contributed by atoms with Gasteiger partial charge in [-0.2, -0.15) is 0 Å². The molecular weight excluding hydrogens is 304 g/mol. The third-order valence-corrected chi connectivity index (χ3v) is 4.32. The molecule has 1 amide bonds. The highest BCUT2D eigenvalue weighted by atomic mass is 16.5. The molecule has 6 heteroatoms. The number of aromatic nitrogens is 2. The summed E-state index contributed by atoms with van der Waals surface area (Å²) in [7, 11) is 1.67. The minimum absolute atomic E-state index is 0.0512. The van der Waals surface area contributed by atoms with Gasteiger partial charge in [-0.05, 0) is 12.1 Å². The van der Waals surface area contributed by atoms with Crippen LogP contribution >= 0.6 is 0 Å². The third kappa shape index (κ3) is 3.22. The van der Waals surface area contributed by atoms with E-state index in [1.807, 2.05) is 49.2 Å². The van der Waals surface area contributed by atoms with Gasteiger partial charge in [0.1, 0.15) is 5.75 Å². The van der Waals surface area contributed by atoms with Crippen LogP contribution in [0.25, 0.3) is 5.69 Å². The Labute approximate surface area is 142 Å². The largest absolute Gasteiger partial charge is 0.497 e. The molecule has 0 radical (unpaired) electrons. The fourth-order valence-corrected chi connectivity index (χ4v) is 2.98. The molecule has 0 saturated carbocycles. The van der Waals surface area contributed by atoms with E-state index in [1.165, 1.54) is 0 Å². The normalized spacial score (nSPS) is 15.0. The minimum atomic E-state index is 0.0512. The van der Waals surface area contributed by atoms with Crippen LogP contribution in [0.5, 0.6) is 5.75 Å². The second-order valence-corrected chi connectivity index (χ2v) is 6.27. The lowest BCUT2D eigenvalue weighted by atomic mass is 10.1. The molecule has 24 heavy (non-hydrogen) atoms. The zero-order valence-corrected chi connectivity index (χ0v) is 14.5. The van der Waals surface area contributed by atoms with Gasteiger partial charge in [0, 0.05) is 50.6 Å². The van der Waals surface area contributed by atoms with E-state index in [9.17, 15) is 4.79 Å². The molecule has 1 aromatic heterocycles. The van der Waals surface area contributed by atoms with E-state index >= 15 is 0 Å². The van der Waals surface area contributed by atoms with Gasteiger partial charge in [-0.15, -0.1) is 0 Å². The van der Waals surface area contributed by atoms with Crippen molar-refractivity contribution in [1.29, 1.82) is 0 Å². The Balaban J connectivity index is 1.76. The fourth-order valence-electron chi connectivity index (χ4n) is 2.98. The van der Waals surface area contributed by atoms with E-state index < -0.39 is 0 Å². The summed E-state index contributed by atoms with van der Waals surface area (Å²) in [6, 6.07) is 7.92. The number of benzene rings is 1. The van der Waals surface area contributed by atoms with Crippen LogP contribution in [0.4, 0.5) is 5.95 Å². The molecule has 0 bridgehead atoms. The molecule has 2 aromatic rings. The van der Waals surface area contributed by atoms with E-state index in [4.69, 9.17) is 4.74 Å². The molecule has 6 nitrogen and oxygen atoms in total. The third-order valence-electron chi connectivity index (χ3n) is 4.32. The number of carbonyl (C=O) groups is 1. The summed E-state index contributed by atoms with van der Waals surface area (Å²) in [6.45, 7) is 6.96. The standard InChI is InChI=1S/C18H24N4O2/c1-14(2)17(23)20-9-11-21(12-10-20)18-19-7-8-22(18)15-5-4-6-16(13-15)24-3/h4-8,13-14H,9-12H2,1-3H3. The summed E-state index contributed by atoms with van der Waals surface area (Å²) in [5.74, 6) is 2.00. The SMILES string of the molecule is COc1cccc(-n2ccnc2N2CCN(C(=O)C(C)C)CC2)c1. The van der Waals surface area contributed by atoms with Crippen LogP contribution in [0, 0.1) is 5.92 Å². The fraction of sp³-hybridized carbons (Fsp3) is 0.444. The molecule has 1 saturated heterocycles. The number of amides is 1. The number of hydrogen-bond acceptors (Lipinski definition) is 4. The van der Waals surface area contributed by atoms with Crippen molar-refractivity contribution >= 4 is 11.9 Å². The Bertz CT molecular complexity index is 703. The molecule has 1 fully saturated rings. The van der Waals surface area contributed by atoms with E-state index in [1.54, 1.807) is 13.3 Å². The van der Waals surface area contributed by atoms with Gasteiger partial charge in [-0.25, -0.2) is 4.98 Å². The van der Waals surface area contributed by atoms with Gasteiger partial charge in [-0.1, -0.05) is 19.9 Å². The van der Waals surface area contributed by atoms with Crippen molar-refractivity contribution in [2.45, 2.75) is 13.8 Å². The van der Waals surface area contributed by atoms with Gasteiger partial charge in [0.25, 0.3) is 0 Å². The number of rotatable bonds is 4. The second kappa shape index (κ2) is 6.95. The first kappa shape index (κ1) is 16.4. The summed E-state index contributed by atoms with van der Waals surface area (Å²) in [5.41, 5.74) is 1.02. The van der Waals surface area contributed by atoms with E-state index in [-0.39, 0.29) is 11.8 Å². The van der Waals surface area contributed by atoms with Crippen molar-refractivity contribution in [3.8, 4) is 11.4 Å². The van der Waals surface area contributed by atoms with Gasteiger partial charge in [0.2, 0.25) is 11.9 Å². The van der Waals surface area contributed by atoms with Crippen LogP contribution in [0.3, 0.4) is 0 Å². The van der Waals surface area contributed by atoms with E-state index in [0.717, 1.165) is 43.6 Å². The topological polar surface area (TPSA) is 50.6 Å². The molecule has 0 N–H and O–H groups in total. The van der Waals surface area contributed by atoms with Crippen LogP contribution in [0.2, 0.25) is 0 Å². The molecule has 0 aliphatic carbocycles. The maximum atomic E-state index is 12.1. The lowest BCUT2D eigenvalue weighted by molar-refractivity contribution is -0.134. The Morgan fingerprint density at radius 1 is 1.21 bits per heavy atom. The summed E-state index contributed by atoms with van der Waals surface area (Å²) >= 11 is 0. The van der Waals surface area contributed by atoms with Gasteiger partial charge in [0.15, 0.2) is 0 Å². The Kier molecular flexibility index (Phi) is 4.74. The highest BCUT2D eigenvalue weighted by Gasteiger charge is 2.25. The van der Waals surface area contributed by atoms with E-state index in [0.29, 0.717) is 0 Å². The number of ether oxygens (including phenoxy) is 1. The predicted octanol–water partition coefficient (Wildman–Crippen LogP) is 2.19. The Hall–Kier alpha value is -2.50. The van der Waals surface area contributed by atoms with Gasteiger partial charge in [0.05, 0.1) is 12.8 Å². The molecule has 0 unspecified atom stereocenters. The molecular formula is C18H24N4O2. The van der Waals surface area contributed by atoms with Crippen molar-refractivity contribution in [2.75, 3.05) is 38.2 Å². The molecule has 128 valence electrons. The van der Waals surface area contributed by atoms with Crippen LogP contribution in [0.15, 0.2) is 36.7 Å².